The van der Waals surface area contributed by atoms with Crippen molar-refractivity contribution in [1.29, 1.82) is 0 Å². The maximum Gasteiger partial charge on any atom is 0.250 e. The van der Waals surface area contributed by atoms with E-state index in [9.17, 15) is 9.59 Å². The molecule has 0 atom stereocenters. The van der Waals surface area contributed by atoms with Crippen LogP contribution in [0.15, 0.2) is 18.2 Å². The Hall–Kier alpha value is -1.88. The van der Waals surface area contributed by atoms with Crippen LogP contribution in [0.1, 0.15) is 12.5 Å². The van der Waals surface area contributed by atoms with Crippen LogP contribution in [0.4, 0.5) is 11.4 Å². The topological polar surface area (TPSA) is 58.6 Å². The number of amides is 2. The van der Waals surface area contributed by atoms with Gasteiger partial charge in [0.2, 0.25) is 11.8 Å². The highest BCUT2D eigenvalue weighted by Crippen LogP contribution is 2.30. The molecular formula is C13H16N2O3. The van der Waals surface area contributed by atoms with Gasteiger partial charge in [0.1, 0.15) is 6.61 Å². The molecule has 1 aromatic carbocycles. The van der Waals surface area contributed by atoms with Crippen LogP contribution in [0.3, 0.4) is 0 Å². The van der Waals surface area contributed by atoms with Gasteiger partial charge in [-0.3, -0.25) is 9.59 Å². The fraction of sp³-hybridized carbons (Fsp3) is 0.385. The number of hydrogen-bond acceptors (Lipinski definition) is 3. The van der Waals surface area contributed by atoms with Crippen molar-refractivity contribution in [3.63, 3.8) is 0 Å². The third-order valence-electron chi connectivity index (χ3n) is 2.91. The molecule has 0 saturated heterocycles. The second-order valence-corrected chi connectivity index (χ2v) is 4.25. The molecule has 0 fully saturated rings. The standard InChI is InChI=1S/C13H16N2O3/c1-9(16)15-6-5-10-7-11(3-4-12(10)15)14-13(17)8-18-2/h3-4,7H,5-6,8H2,1-2H3,(H,14,17). The zero-order valence-corrected chi connectivity index (χ0v) is 10.5. The maximum absolute atomic E-state index is 11.4. The Bertz CT molecular complexity index is 485. The normalized spacial score (nSPS) is 13.3. The van der Waals surface area contributed by atoms with E-state index in [4.69, 9.17) is 4.74 Å². The molecule has 5 heteroatoms. The predicted octanol–water partition coefficient (Wildman–Crippen LogP) is 1.18. The zero-order chi connectivity index (χ0) is 13.1. The van der Waals surface area contributed by atoms with Crippen molar-refractivity contribution < 1.29 is 14.3 Å². The van der Waals surface area contributed by atoms with Gasteiger partial charge in [0.15, 0.2) is 0 Å². The highest BCUT2D eigenvalue weighted by Gasteiger charge is 2.22. The molecule has 1 aliphatic rings. The number of nitrogens with one attached hydrogen (secondary N) is 1. The quantitative estimate of drug-likeness (QED) is 0.873. The number of anilines is 2. The second-order valence-electron chi connectivity index (χ2n) is 4.25. The van der Waals surface area contributed by atoms with Crippen molar-refractivity contribution in [3.05, 3.63) is 23.8 Å². The van der Waals surface area contributed by atoms with Gasteiger partial charge in [-0.05, 0) is 30.2 Å². The minimum atomic E-state index is -0.182. The van der Waals surface area contributed by atoms with Gasteiger partial charge in [0.25, 0.3) is 0 Å². The van der Waals surface area contributed by atoms with Crippen LogP contribution >= 0.6 is 0 Å². The number of methoxy groups -OCH3 is 1. The third kappa shape index (κ3) is 2.51. The van der Waals surface area contributed by atoms with Crippen molar-refractivity contribution in [2.75, 3.05) is 30.5 Å². The number of rotatable bonds is 3. The molecule has 0 spiro atoms. The lowest BCUT2D eigenvalue weighted by atomic mass is 10.1. The number of benzene rings is 1. The number of fused-ring (bicyclic) bond motifs is 1. The summed E-state index contributed by atoms with van der Waals surface area (Å²) in [4.78, 5) is 24.5. The maximum atomic E-state index is 11.4. The highest BCUT2D eigenvalue weighted by atomic mass is 16.5. The second kappa shape index (κ2) is 5.18. The molecule has 96 valence electrons. The number of ether oxygens (including phenoxy) is 1. The smallest absolute Gasteiger partial charge is 0.250 e. The molecule has 0 saturated carbocycles. The van der Waals surface area contributed by atoms with Crippen LogP contribution in [-0.2, 0) is 20.7 Å². The summed E-state index contributed by atoms with van der Waals surface area (Å²) < 4.78 is 4.75. The first-order valence-corrected chi connectivity index (χ1v) is 5.81. The molecule has 0 aliphatic carbocycles. The Morgan fingerprint density at radius 2 is 2.22 bits per heavy atom. The summed E-state index contributed by atoms with van der Waals surface area (Å²) in [6.07, 6.45) is 0.822. The van der Waals surface area contributed by atoms with Crippen molar-refractivity contribution in [2.24, 2.45) is 0 Å². The molecule has 0 aromatic heterocycles. The Balaban J connectivity index is 2.14. The van der Waals surface area contributed by atoms with Crippen molar-refractivity contribution in [2.45, 2.75) is 13.3 Å². The summed E-state index contributed by atoms with van der Waals surface area (Å²) in [5.74, 6) is -0.135. The molecule has 2 rings (SSSR count). The first-order valence-electron chi connectivity index (χ1n) is 5.81. The van der Waals surface area contributed by atoms with Crippen LogP contribution in [0, 0.1) is 0 Å². The largest absolute Gasteiger partial charge is 0.375 e. The summed E-state index contributed by atoms with van der Waals surface area (Å²) in [7, 11) is 1.48. The van der Waals surface area contributed by atoms with Gasteiger partial charge in [0, 0.05) is 32.0 Å². The van der Waals surface area contributed by atoms with Gasteiger partial charge >= 0.3 is 0 Å². The molecular weight excluding hydrogens is 232 g/mol. The fourth-order valence-electron chi connectivity index (χ4n) is 2.13. The molecule has 18 heavy (non-hydrogen) atoms. The van der Waals surface area contributed by atoms with Gasteiger partial charge in [-0.2, -0.15) is 0 Å². The van der Waals surface area contributed by atoms with E-state index in [1.165, 1.54) is 7.11 Å². The van der Waals surface area contributed by atoms with Crippen molar-refractivity contribution in [3.8, 4) is 0 Å². The Kier molecular flexibility index (Phi) is 3.62. The summed E-state index contributed by atoms with van der Waals surface area (Å²) in [5.41, 5.74) is 2.76. The summed E-state index contributed by atoms with van der Waals surface area (Å²) in [6.45, 7) is 2.31. The summed E-state index contributed by atoms with van der Waals surface area (Å²) in [6, 6.07) is 5.58. The molecule has 0 radical (unpaired) electrons. The number of carbonyl (C=O) groups is 2. The summed E-state index contributed by atoms with van der Waals surface area (Å²) in [5, 5.41) is 2.75. The summed E-state index contributed by atoms with van der Waals surface area (Å²) >= 11 is 0. The van der Waals surface area contributed by atoms with Gasteiger partial charge in [-0.1, -0.05) is 0 Å². The lowest BCUT2D eigenvalue weighted by molar-refractivity contribution is -0.119. The third-order valence-corrected chi connectivity index (χ3v) is 2.91. The van der Waals surface area contributed by atoms with E-state index >= 15 is 0 Å². The monoisotopic (exact) mass is 248 g/mol. The molecule has 0 unspecified atom stereocenters. The van der Waals surface area contributed by atoms with Crippen molar-refractivity contribution in [1.82, 2.24) is 0 Å². The molecule has 1 heterocycles. The van der Waals surface area contributed by atoms with Gasteiger partial charge < -0.3 is 15.0 Å². The Labute approximate surface area is 106 Å². The number of carbonyl (C=O) groups excluding carboxylic acids is 2. The highest BCUT2D eigenvalue weighted by molar-refractivity contribution is 5.95. The average molecular weight is 248 g/mol. The Morgan fingerprint density at radius 3 is 2.89 bits per heavy atom. The molecule has 5 nitrogen and oxygen atoms in total. The van der Waals surface area contributed by atoms with Gasteiger partial charge in [-0.25, -0.2) is 0 Å². The van der Waals surface area contributed by atoms with E-state index in [0.717, 1.165) is 23.4 Å². The Morgan fingerprint density at radius 1 is 1.44 bits per heavy atom. The predicted molar refractivity (Wildman–Crippen MR) is 68.7 cm³/mol. The van der Waals surface area contributed by atoms with Crippen LogP contribution in [0.25, 0.3) is 0 Å². The van der Waals surface area contributed by atoms with E-state index in [0.29, 0.717) is 6.54 Å². The number of hydrogen-bond donors (Lipinski definition) is 1. The van der Waals surface area contributed by atoms with E-state index < -0.39 is 0 Å². The van der Waals surface area contributed by atoms with Crippen LogP contribution < -0.4 is 10.2 Å². The molecule has 2 amide bonds. The van der Waals surface area contributed by atoms with E-state index in [2.05, 4.69) is 5.32 Å². The SMILES string of the molecule is COCC(=O)Nc1ccc2c(c1)CCN2C(C)=O. The minimum absolute atomic E-state index is 0.0383. The van der Waals surface area contributed by atoms with E-state index in [1.54, 1.807) is 17.9 Å². The van der Waals surface area contributed by atoms with Crippen LogP contribution in [0.2, 0.25) is 0 Å². The fourth-order valence-corrected chi connectivity index (χ4v) is 2.13. The lowest BCUT2D eigenvalue weighted by Gasteiger charge is -2.15. The van der Waals surface area contributed by atoms with Crippen LogP contribution in [0.5, 0.6) is 0 Å². The lowest BCUT2D eigenvalue weighted by Crippen LogP contribution is -2.25. The van der Waals surface area contributed by atoms with E-state index in [-0.39, 0.29) is 18.4 Å². The van der Waals surface area contributed by atoms with Gasteiger partial charge in [-0.15, -0.1) is 0 Å². The first-order chi connectivity index (χ1) is 8.61. The molecule has 1 aromatic rings. The number of nitrogens with zero attached hydrogens (tertiary/aromatic N) is 1. The van der Waals surface area contributed by atoms with Crippen molar-refractivity contribution >= 4 is 23.2 Å². The molecule has 0 bridgehead atoms. The van der Waals surface area contributed by atoms with Crippen LogP contribution in [-0.4, -0.2) is 32.1 Å². The molecule has 1 N–H and O–H groups in total. The van der Waals surface area contributed by atoms with E-state index in [1.807, 2.05) is 12.1 Å². The molecule has 1 aliphatic heterocycles. The minimum Gasteiger partial charge on any atom is -0.375 e. The zero-order valence-electron chi connectivity index (χ0n) is 10.5. The van der Waals surface area contributed by atoms with Gasteiger partial charge in [0.05, 0.1) is 0 Å². The first kappa shape index (κ1) is 12.6. The average Bonchev–Trinajstić information content (AvgIpc) is 2.72.